The molecule has 0 fully saturated rings. The third-order valence-corrected chi connectivity index (χ3v) is 2.36. The molecular formula is C9H6Cl2N4O2. The summed E-state index contributed by atoms with van der Waals surface area (Å²) in [6.07, 6.45) is 0. The van der Waals surface area contributed by atoms with Crippen LogP contribution in [0.3, 0.4) is 0 Å². The number of nitrogen functional groups attached to an aromatic ring is 1. The SMILES string of the molecule is Nc1nn(-c2cc(Cl)cc(Cl)c2)nc1C(=O)O. The Morgan fingerprint density at radius 1 is 1.24 bits per heavy atom. The molecule has 0 saturated heterocycles. The molecule has 0 atom stereocenters. The lowest BCUT2D eigenvalue weighted by molar-refractivity contribution is 0.0691. The summed E-state index contributed by atoms with van der Waals surface area (Å²) in [5, 5.41) is 17.1. The zero-order chi connectivity index (χ0) is 12.6. The first-order chi connectivity index (χ1) is 7.97. The standard InChI is InChI=1S/C9H6Cl2N4O2/c10-4-1-5(11)3-6(2-4)15-13-7(9(16)17)8(12)14-15/h1-3H,(H2,12,14)(H,16,17). The van der Waals surface area contributed by atoms with Crippen LogP contribution in [0, 0.1) is 0 Å². The Hall–Kier alpha value is -1.79. The van der Waals surface area contributed by atoms with E-state index in [9.17, 15) is 4.79 Å². The van der Waals surface area contributed by atoms with E-state index in [-0.39, 0.29) is 11.5 Å². The summed E-state index contributed by atoms with van der Waals surface area (Å²) in [6, 6.07) is 4.62. The molecule has 0 spiro atoms. The highest BCUT2D eigenvalue weighted by Gasteiger charge is 2.16. The number of carboxylic acids is 1. The van der Waals surface area contributed by atoms with Gasteiger partial charge in [0.05, 0.1) is 5.69 Å². The highest BCUT2D eigenvalue weighted by atomic mass is 35.5. The molecule has 0 saturated carbocycles. The summed E-state index contributed by atoms with van der Waals surface area (Å²) >= 11 is 11.6. The van der Waals surface area contributed by atoms with Crippen molar-refractivity contribution in [1.29, 1.82) is 0 Å². The predicted molar refractivity (Wildman–Crippen MR) is 62.8 cm³/mol. The summed E-state index contributed by atoms with van der Waals surface area (Å²) in [6.45, 7) is 0. The molecule has 3 N–H and O–H groups in total. The number of benzene rings is 1. The molecule has 17 heavy (non-hydrogen) atoms. The minimum Gasteiger partial charge on any atom is -0.476 e. The summed E-state index contributed by atoms with van der Waals surface area (Å²) < 4.78 is 0. The molecule has 0 aliphatic rings. The summed E-state index contributed by atoms with van der Waals surface area (Å²) in [5.74, 6) is -1.42. The summed E-state index contributed by atoms with van der Waals surface area (Å²) in [4.78, 5) is 11.8. The Morgan fingerprint density at radius 2 is 1.82 bits per heavy atom. The van der Waals surface area contributed by atoms with E-state index in [2.05, 4.69) is 10.2 Å². The van der Waals surface area contributed by atoms with Gasteiger partial charge in [0.2, 0.25) is 5.69 Å². The van der Waals surface area contributed by atoms with Crippen LogP contribution in [-0.4, -0.2) is 26.1 Å². The van der Waals surface area contributed by atoms with Crippen molar-refractivity contribution in [2.24, 2.45) is 0 Å². The molecule has 0 unspecified atom stereocenters. The van der Waals surface area contributed by atoms with Crippen molar-refractivity contribution in [2.75, 3.05) is 5.73 Å². The van der Waals surface area contributed by atoms with E-state index >= 15 is 0 Å². The molecule has 0 amide bonds. The first-order valence-corrected chi connectivity index (χ1v) is 5.15. The van der Waals surface area contributed by atoms with E-state index < -0.39 is 5.97 Å². The van der Waals surface area contributed by atoms with Crippen LogP contribution in [0.1, 0.15) is 10.5 Å². The number of aromatic nitrogens is 3. The van der Waals surface area contributed by atoms with Crippen LogP contribution in [0.25, 0.3) is 5.69 Å². The molecule has 1 aromatic heterocycles. The maximum absolute atomic E-state index is 10.8. The fourth-order valence-corrected chi connectivity index (χ4v) is 1.75. The monoisotopic (exact) mass is 272 g/mol. The highest BCUT2D eigenvalue weighted by molar-refractivity contribution is 6.34. The smallest absolute Gasteiger partial charge is 0.360 e. The Kier molecular flexibility index (Phi) is 2.91. The van der Waals surface area contributed by atoms with Crippen LogP contribution in [0.5, 0.6) is 0 Å². The van der Waals surface area contributed by atoms with Crippen molar-refractivity contribution >= 4 is 35.0 Å². The van der Waals surface area contributed by atoms with Gasteiger partial charge in [0.1, 0.15) is 0 Å². The fraction of sp³-hybridized carbons (Fsp3) is 0. The molecule has 0 aliphatic carbocycles. The molecular weight excluding hydrogens is 267 g/mol. The fourth-order valence-electron chi connectivity index (χ4n) is 1.24. The average molecular weight is 273 g/mol. The number of halogens is 2. The van der Waals surface area contributed by atoms with Crippen LogP contribution in [-0.2, 0) is 0 Å². The van der Waals surface area contributed by atoms with Gasteiger partial charge in [-0.25, -0.2) is 4.79 Å². The number of rotatable bonds is 2. The third kappa shape index (κ3) is 2.32. The minimum atomic E-state index is -1.25. The number of hydrogen-bond acceptors (Lipinski definition) is 4. The molecule has 0 radical (unpaired) electrons. The van der Waals surface area contributed by atoms with E-state index in [0.29, 0.717) is 15.7 Å². The molecule has 8 heteroatoms. The summed E-state index contributed by atoms with van der Waals surface area (Å²) in [5.41, 5.74) is 5.53. The lowest BCUT2D eigenvalue weighted by Gasteiger charge is -2.00. The van der Waals surface area contributed by atoms with Gasteiger partial charge >= 0.3 is 5.97 Å². The second-order valence-electron chi connectivity index (χ2n) is 3.16. The Balaban J connectivity index is 2.53. The zero-order valence-corrected chi connectivity index (χ0v) is 9.77. The first kappa shape index (κ1) is 11.7. The Morgan fingerprint density at radius 3 is 2.29 bits per heavy atom. The zero-order valence-electron chi connectivity index (χ0n) is 8.26. The molecule has 0 aliphatic heterocycles. The molecule has 6 nitrogen and oxygen atoms in total. The minimum absolute atomic E-state index is 0.173. The van der Waals surface area contributed by atoms with E-state index in [0.717, 1.165) is 4.80 Å². The summed E-state index contributed by atoms with van der Waals surface area (Å²) in [7, 11) is 0. The Labute approximate surface area is 106 Å². The van der Waals surface area contributed by atoms with Gasteiger partial charge in [0, 0.05) is 10.0 Å². The van der Waals surface area contributed by atoms with Gasteiger partial charge in [-0.3, -0.25) is 0 Å². The highest BCUT2D eigenvalue weighted by Crippen LogP contribution is 2.21. The van der Waals surface area contributed by atoms with E-state index in [1.807, 2.05) is 0 Å². The number of nitrogens with two attached hydrogens (primary N) is 1. The molecule has 0 bridgehead atoms. The van der Waals surface area contributed by atoms with Gasteiger partial charge in [0.15, 0.2) is 5.82 Å². The van der Waals surface area contributed by atoms with Crippen molar-refractivity contribution in [2.45, 2.75) is 0 Å². The van der Waals surface area contributed by atoms with Gasteiger partial charge < -0.3 is 10.8 Å². The van der Waals surface area contributed by atoms with Crippen molar-refractivity contribution in [3.8, 4) is 5.69 Å². The lowest BCUT2D eigenvalue weighted by atomic mass is 10.3. The van der Waals surface area contributed by atoms with E-state index in [1.165, 1.54) is 6.07 Å². The van der Waals surface area contributed by atoms with Crippen LogP contribution >= 0.6 is 23.2 Å². The number of hydrogen-bond donors (Lipinski definition) is 2. The molecule has 2 rings (SSSR count). The van der Waals surface area contributed by atoms with Gasteiger partial charge in [-0.15, -0.1) is 15.0 Å². The molecule has 88 valence electrons. The van der Waals surface area contributed by atoms with Crippen LogP contribution in [0.4, 0.5) is 5.82 Å². The number of carbonyl (C=O) groups is 1. The number of anilines is 1. The van der Waals surface area contributed by atoms with Crippen molar-refractivity contribution in [3.63, 3.8) is 0 Å². The van der Waals surface area contributed by atoms with Crippen molar-refractivity contribution in [1.82, 2.24) is 15.0 Å². The number of nitrogens with zero attached hydrogens (tertiary/aromatic N) is 3. The number of aromatic carboxylic acids is 1. The van der Waals surface area contributed by atoms with Crippen molar-refractivity contribution in [3.05, 3.63) is 33.9 Å². The Bertz CT molecular complexity index is 576. The third-order valence-electron chi connectivity index (χ3n) is 1.92. The largest absolute Gasteiger partial charge is 0.476 e. The van der Waals surface area contributed by atoms with Gasteiger partial charge in [-0.1, -0.05) is 23.2 Å². The number of carboxylic acid groups (broad SMARTS) is 1. The average Bonchev–Trinajstić information content (AvgIpc) is 2.59. The van der Waals surface area contributed by atoms with Crippen LogP contribution < -0.4 is 5.73 Å². The topological polar surface area (TPSA) is 94.0 Å². The van der Waals surface area contributed by atoms with Gasteiger partial charge in [0.25, 0.3) is 0 Å². The van der Waals surface area contributed by atoms with Crippen LogP contribution in [0.15, 0.2) is 18.2 Å². The molecule has 2 aromatic rings. The van der Waals surface area contributed by atoms with Gasteiger partial charge in [-0.2, -0.15) is 0 Å². The quantitative estimate of drug-likeness (QED) is 0.870. The van der Waals surface area contributed by atoms with Crippen LogP contribution in [0.2, 0.25) is 10.0 Å². The second-order valence-corrected chi connectivity index (χ2v) is 4.03. The van der Waals surface area contributed by atoms with E-state index in [4.69, 9.17) is 34.0 Å². The molecule has 1 aromatic carbocycles. The second kappa shape index (κ2) is 4.23. The maximum atomic E-state index is 10.8. The van der Waals surface area contributed by atoms with Crippen molar-refractivity contribution < 1.29 is 9.90 Å². The lowest BCUT2D eigenvalue weighted by Crippen LogP contribution is -2.02. The normalized spacial score (nSPS) is 10.5. The first-order valence-electron chi connectivity index (χ1n) is 4.40. The predicted octanol–water partition coefficient (Wildman–Crippen LogP) is 1.85. The van der Waals surface area contributed by atoms with E-state index in [1.54, 1.807) is 12.1 Å². The van der Waals surface area contributed by atoms with Gasteiger partial charge in [-0.05, 0) is 18.2 Å². The maximum Gasteiger partial charge on any atom is 0.360 e. The molecule has 1 heterocycles.